The second-order valence-corrected chi connectivity index (χ2v) is 7.88. The quantitative estimate of drug-likeness (QED) is 0.698. The fraction of sp³-hybridized carbons (Fsp3) is 0.600. The van der Waals surface area contributed by atoms with Crippen LogP contribution in [0.5, 0.6) is 0 Å². The summed E-state index contributed by atoms with van der Waals surface area (Å²) in [4.78, 5) is 13.7. The molecule has 4 heterocycles. The van der Waals surface area contributed by atoms with Gasteiger partial charge in [-0.05, 0) is 38.7 Å². The molecule has 1 N–H and O–H groups in total. The van der Waals surface area contributed by atoms with Gasteiger partial charge in [-0.3, -0.25) is 9.72 Å². The maximum absolute atomic E-state index is 5.64. The molecule has 1 atom stereocenters. The Morgan fingerprint density at radius 2 is 2.00 bits per heavy atom. The number of rotatable bonds is 6. The van der Waals surface area contributed by atoms with Crippen LogP contribution in [0.4, 0.5) is 0 Å². The molecule has 0 radical (unpaired) electrons. The minimum absolute atomic E-state index is 0.00633. The highest BCUT2D eigenvalue weighted by atomic mass is 16.5. The second kappa shape index (κ2) is 7.97. The van der Waals surface area contributed by atoms with E-state index in [0.29, 0.717) is 18.4 Å². The van der Waals surface area contributed by atoms with Crippen LogP contribution >= 0.6 is 0 Å². The van der Waals surface area contributed by atoms with Crippen LogP contribution in [0, 0.1) is 19.8 Å². The molecule has 3 aromatic rings. The van der Waals surface area contributed by atoms with Crippen molar-refractivity contribution in [1.82, 2.24) is 29.8 Å². The van der Waals surface area contributed by atoms with Crippen LogP contribution in [0.25, 0.3) is 5.78 Å². The molecular weight excluding hydrogens is 356 g/mol. The predicted octanol–water partition coefficient (Wildman–Crippen LogP) is 3.11. The van der Waals surface area contributed by atoms with Gasteiger partial charge in [-0.1, -0.05) is 19.0 Å². The van der Waals surface area contributed by atoms with Crippen LogP contribution in [0.3, 0.4) is 0 Å². The van der Waals surface area contributed by atoms with Crippen molar-refractivity contribution in [3.05, 3.63) is 41.1 Å². The topological polar surface area (TPSA) is 90.4 Å². The Bertz CT molecular complexity index is 941. The summed E-state index contributed by atoms with van der Waals surface area (Å²) in [7, 11) is 0. The lowest BCUT2D eigenvalue weighted by Crippen LogP contribution is -2.32. The standard InChI is InChI=1S/C20H28N6O2/c1-12(2)18-24-19(28-25-18)17(15-5-7-27-8-6-15)21-10-16-11-22-20-23-13(3)9-14(4)26(16)20/h9,11-12,15,17,21H,5-8,10H2,1-4H3/t17-/m0/s1. The van der Waals surface area contributed by atoms with E-state index in [-0.39, 0.29) is 12.0 Å². The normalized spacial score (nSPS) is 16.9. The number of nitrogens with one attached hydrogen (secondary N) is 1. The molecule has 1 aliphatic heterocycles. The summed E-state index contributed by atoms with van der Waals surface area (Å²) in [6.45, 7) is 10.4. The third kappa shape index (κ3) is 3.79. The number of ether oxygens (including phenoxy) is 1. The summed E-state index contributed by atoms with van der Waals surface area (Å²) in [5.41, 5.74) is 3.17. The zero-order valence-electron chi connectivity index (χ0n) is 17.0. The molecule has 0 saturated carbocycles. The molecule has 1 aliphatic rings. The summed E-state index contributed by atoms with van der Waals surface area (Å²) in [5.74, 6) is 2.78. The zero-order chi connectivity index (χ0) is 19.7. The second-order valence-electron chi connectivity index (χ2n) is 7.88. The molecule has 0 amide bonds. The number of nitrogens with zero attached hydrogens (tertiary/aromatic N) is 5. The number of hydrogen-bond donors (Lipinski definition) is 1. The molecule has 4 rings (SSSR count). The number of hydrogen-bond acceptors (Lipinski definition) is 7. The Morgan fingerprint density at radius 1 is 1.21 bits per heavy atom. The zero-order valence-corrected chi connectivity index (χ0v) is 17.0. The molecule has 8 heteroatoms. The molecule has 0 bridgehead atoms. The molecule has 0 unspecified atom stereocenters. The molecule has 1 fully saturated rings. The predicted molar refractivity (Wildman–Crippen MR) is 104 cm³/mol. The molecule has 28 heavy (non-hydrogen) atoms. The van der Waals surface area contributed by atoms with E-state index in [0.717, 1.165) is 54.7 Å². The Kier molecular flexibility index (Phi) is 5.41. The smallest absolute Gasteiger partial charge is 0.244 e. The Hall–Kier alpha value is -2.32. The number of imidazole rings is 1. The Balaban J connectivity index is 1.59. The molecule has 0 spiro atoms. The van der Waals surface area contributed by atoms with Gasteiger partial charge in [0.15, 0.2) is 5.82 Å². The molecule has 8 nitrogen and oxygen atoms in total. The lowest BCUT2D eigenvalue weighted by Gasteiger charge is -2.28. The largest absolute Gasteiger partial charge is 0.381 e. The van der Waals surface area contributed by atoms with Crippen LogP contribution in [0.2, 0.25) is 0 Å². The van der Waals surface area contributed by atoms with Gasteiger partial charge in [-0.2, -0.15) is 4.98 Å². The van der Waals surface area contributed by atoms with Crippen molar-refractivity contribution in [2.24, 2.45) is 5.92 Å². The van der Waals surface area contributed by atoms with Gasteiger partial charge >= 0.3 is 0 Å². The maximum Gasteiger partial charge on any atom is 0.244 e. The first-order valence-corrected chi connectivity index (χ1v) is 9.98. The molecular formula is C20H28N6O2. The first-order chi connectivity index (χ1) is 13.5. The van der Waals surface area contributed by atoms with Gasteiger partial charge in [0.2, 0.25) is 11.7 Å². The van der Waals surface area contributed by atoms with E-state index in [1.807, 2.05) is 13.1 Å². The minimum Gasteiger partial charge on any atom is -0.381 e. The number of fused-ring (bicyclic) bond motifs is 1. The van der Waals surface area contributed by atoms with E-state index in [2.05, 4.69) is 56.7 Å². The summed E-state index contributed by atoms with van der Waals surface area (Å²) >= 11 is 0. The van der Waals surface area contributed by atoms with Crippen molar-refractivity contribution in [1.29, 1.82) is 0 Å². The molecule has 1 saturated heterocycles. The third-order valence-electron chi connectivity index (χ3n) is 5.34. The highest BCUT2D eigenvalue weighted by molar-refractivity contribution is 5.35. The average Bonchev–Trinajstić information content (AvgIpc) is 3.31. The minimum atomic E-state index is -0.00633. The lowest BCUT2D eigenvalue weighted by atomic mass is 9.91. The van der Waals surface area contributed by atoms with Crippen LogP contribution in [-0.2, 0) is 11.3 Å². The van der Waals surface area contributed by atoms with Gasteiger partial charge in [-0.25, -0.2) is 9.97 Å². The van der Waals surface area contributed by atoms with Gasteiger partial charge in [0.05, 0.1) is 17.9 Å². The van der Waals surface area contributed by atoms with Gasteiger partial charge < -0.3 is 9.26 Å². The van der Waals surface area contributed by atoms with Crippen LogP contribution in [0.15, 0.2) is 16.8 Å². The van der Waals surface area contributed by atoms with Gasteiger partial charge in [0.25, 0.3) is 0 Å². The van der Waals surface area contributed by atoms with Gasteiger partial charge in [-0.15, -0.1) is 0 Å². The fourth-order valence-corrected chi connectivity index (χ4v) is 3.85. The third-order valence-corrected chi connectivity index (χ3v) is 5.34. The van der Waals surface area contributed by atoms with Crippen LogP contribution in [-0.4, -0.2) is 37.7 Å². The monoisotopic (exact) mass is 384 g/mol. The Morgan fingerprint density at radius 3 is 2.71 bits per heavy atom. The summed E-state index contributed by atoms with van der Waals surface area (Å²) in [6, 6.07) is 2.06. The highest BCUT2D eigenvalue weighted by Crippen LogP contribution is 2.30. The highest BCUT2D eigenvalue weighted by Gasteiger charge is 2.30. The van der Waals surface area contributed by atoms with Crippen LogP contribution in [0.1, 0.15) is 67.4 Å². The average molecular weight is 384 g/mol. The molecule has 150 valence electrons. The van der Waals surface area contributed by atoms with Crippen molar-refractivity contribution in [2.45, 2.75) is 59.0 Å². The van der Waals surface area contributed by atoms with E-state index in [1.165, 1.54) is 0 Å². The SMILES string of the molecule is Cc1cc(C)n2c(CN[C@H](c3nc(C(C)C)no3)C3CCOCC3)cnc2n1. The van der Waals surface area contributed by atoms with Crippen molar-refractivity contribution in [3.8, 4) is 0 Å². The van der Waals surface area contributed by atoms with E-state index >= 15 is 0 Å². The maximum atomic E-state index is 5.64. The van der Waals surface area contributed by atoms with E-state index in [4.69, 9.17) is 9.26 Å². The number of aryl methyl sites for hydroxylation is 2. The lowest BCUT2D eigenvalue weighted by molar-refractivity contribution is 0.0485. The fourth-order valence-electron chi connectivity index (χ4n) is 3.85. The van der Waals surface area contributed by atoms with Crippen LogP contribution < -0.4 is 5.32 Å². The summed E-state index contributed by atoms with van der Waals surface area (Å²) in [5, 5.41) is 7.82. The van der Waals surface area contributed by atoms with Crippen molar-refractivity contribution < 1.29 is 9.26 Å². The molecule has 3 aromatic heterocycles. The molecule has 0 aliphatic carbocycles. The number of aromatic nitrogens is 5. The summed E-state index contributed by atoms with van der Waals surface area (Å²) in [6.07, 6.45) is 3.84. The van der Waals surface area contributed by atoms with E-state index in [9.17, 15) is 0 Å². The van der Waals surface area contributed by atoms with Gasteiger partial charge in [0.1, 0.15) is 0 Å². The van der Waals surface area contributed by atoms with Crippen molar-refractivity contribution in [2.75, 3.05) is 13.2 Å². The van der Waals surface area contributed by atoms with Crippen molar-refractivity contribution >= 4 is 5.78 Å². The van der Waals surface area contributed by atoms with E-state index in [1.54, 1.807) is 0 Å². The Labute approximate surface area is 164 Å². The van der Waals surface area contributed by atoms with Gasteiger partial charge in [0, 0.05) is 37.1 Å². The first kappa shape index (κ1) is 19.0. The van der Waals surface area contributed by atoms with E-state index < -0.39 is 0 Å². The molecule has 0 aromatic carbocycles. The van der Waals surface area contributed by atoms with Crippen molar-refractivity contribution in [3.63, 3.8) is 0 Å². The first-order valence-electron chi connectivity index (χ1n) is 9.98. The summed E-state index contributed by atoms with van der Waals surface area (Å²) < 4.78 is 13.3.